The highest BCUT2D eigenvalue weighted by atomic mass is 16.6. The maximum absolute atomic E-state index is 11.4. The number of cyclic esters (lactones) is 2. The molecule has 1 aliphatic heterocycles. The molecule has 0 aliphatic carbocycles. The fourth-order valence-corrected chi connectivity index (χ4v) is 2.73. The Morgan fingerprint density at radius 3 is 2.16 bits per heavy atom. The molecule has 3 heteroatoms. The predicted octanol–water partition coefficient (Wildman–Crippen LogP) is 4.24. The number of ether oxygens (including phenoxy) is 1. The number of hydrogen-bond acceptors (Lipinski definition) is 3. The van der Waals surface area contributed by atoms with E-state index in [4.69, 9.17) is 0 Å². The Balaban J connectivity index is 2.00. The molecule has 0 aromatic heterocycles. The first-order chi connectivity index (χ1) is 9.15. The van der Waals surface area contributed by atoms with Crippen LogP contribution in [0.2, 0.25) is 0 Å². The zero-order valence-electron chi connectivity index (χ0n) is 12.5. The summed E-state index contributed by atoms with van der Waals surface area (Å²) in [6, 6.07) is 0. The smallest absolute Gasteiger partial charge is 0.317 e. The Morgan fingerprint density at radius 2 is 1.63 bits per heavy atom. The lowest BCUT2D eigenvalue weighted by molar-refractivity contribution is -0.153. The molecule has 110 valence electrons. The standard InChI is InChI=1S/C16H28O3/c1-3-4-5-6-7-8-9-10-11-13(2)14-12-15(17)19-16(14)18/h13-14H,3-12H2,1-2H3. The molecule has 0 aromatic rings. The first-order valence-electron chi connectivity index (χ1n) is 7.89. The van der Waals surface area contributed by atoms with E-state index in [9.17, 15) is 9.59 Å². The molecule has 1 heterocycles. The third-order valence-corrected chi connectivity index (χ3v) is 4.10. The minimum Gasteiger partial charge on any atom is -0.393 e. The maximum atomic E-state index is 11.4. The van der Waals surface area contributed by atoms with Crippen molar-refractivity contribution in [2.75, 3.05) is 0 Å². The Kier molecular flexibility index (Phi) is 7.76. The van der Waals surface area contributed by atoms with Gasteiger partial charge in [0, 0.05) is 0 Å². The lowest BCUT2D eigenvalue weighted by atomic mass is 9.88. The fraction of sp³-hybridized carbons (Fsp3) is 0.875. The summed E-state index contributed by atoms with van der Waals surface area (Å²) in [5.74, 6) is -0.564. The fourth-order valence-electron chi connectivity index (χ4n) is 2.73. The van der Waals surface area contributed by atoms with Crippen LogP contribution in [0, 0.1) is 11.8 Å². The third-order valence-electron chi connectivity index (χ3n) is 4.10. The van der Waals surface area contributed by atoms with Crippen LogP contribution in [0.25, 0.3) is 0 Å². The van der Waals surface area contributed by atoms with Crippen molar-refractivity contribution >= 4 is 11.9 Å². The summed E-state index contributed by atoms with van der Waals surface area (Å²) in [5, 5.41) is 0. The molecule has 3 nitrogen and oxygen atoms in total. The molecule has 0 bridgehead atoms. The Labute approximate surface area is 117 Å². The van der Waals surface area contributed by atoms with Crippen molar-refractivity contribution in [3.05, 3.63) is 0 Å². The predicted molar refractivity (Wildman–Crippen MR) is 75.6 cm³/mol. The van der Waals surface area contributed by atoms with Crippen molar-refractivity contribution in [2.45, 2.75) is 78.1 Å². The maximum Gasteiger partial charge on any atom is 0.317 e. The molecule has 2 atom stereocenters. The van der Waals surface area contributed by atoms with E-state index in [1.165, 1.54) is 44.9 Å². The molecule has 0 saturated carbocycles. The van der Waals surface area contributed by atoms with Crippen molar-refractivity contribution < 1.29 is 14.3 Å². The highest BCUT2D eigenvalue weighted by molar-refractivity contribution is 5.94. The largest absolute Gasteiger partial charge is 0.393 e. The molecule has 2 unspecified atom stereocenters. The van der Waals surface area contributed by atoms with Gasteiger partial charge in [-0.3, -0.25) is 9.59 Å². The molecule has 1 fully saturated rings. The molecule has 0 aromatic carbocycles. The van der Waals surface area contributed by atoms with Gasteiger partial charge in [-0.15, -0.1) is 0 Å². The summed E-state index contributed by atoms with van der Waals surface area (Å²) in [6.07, 6.45) is 11.7. The van der Waals surface area contributed by atoms with Gasteiger partial charge in [-0.25, -0.2) is 0 Å². The van der Waals surface area contributed by atoms with Crippen LogP contribution in [-0.4, -0.2) is 11.9 Å². The zero-order valence-corrected chi connectivity index (χ0v) is 12.5. The number of carbonyl (C=O) groups excluding carboxylic acids is 2. The number of esters is 2. The lowest BCUT2D eigenvalue weighted by Crippen LogP contribution is -2.16. The summed E-state index contributed by atoms with van der Waals surface area (Å²) in [4.78, 5) is 22.4. The van der Waals surface area contributed by atoms with Gasteiger partial charge in [0.1, 0.15) is 0 Å². The minimum absolute atomic E-state index is 0.183. The van der Waals surface area contributed by atoms with E-state index in [-0.39, 0.29) is 30.2 Å². The van der Waals surface area contributed by atoms with E-state index >= 15 is 0 Å². The molecule has 0 spiro atoms. The number of unbranched alkanes of at least 4 members (excludes halogenated alkanes) is 7. The van der Waals surface area contributed by atoms with Gasteiger partial charge in [-0.05, 0) is 12.3 Å². The molecule has 1 saturated heterocycles. The summed E-state index contributed by atoms with van der Waals surface area (Å²) in [5.41, 5.74) is 0. The third kappa shape index (κ3) is 6.22. The summed E-state index contributed by atoms with van der Waals surface area (Å²) in [6.45, 7) is 4.30. The second-order valence-corrected chi connectivity index (χ2v) is 5.84. The lowest BCUT2D eigenvalue weighted by Gasteiger charge is -2.14. The first-order valence-corrected chi connectivity index (χ1v) is 7.89. The van der Waals surface area contributed by atoms with Crippen LogP contribution in [-0.2, 0) is 14.3 Å². The molecule has 1 rings (SSSR count). The zero-order chi connectivity index (χ0) is 14.1. The van der Waals surface area contributed by atoms with Crippen molar-refractivity contribution in [3.63, 3.8) is 0 Å². The van der Waals surface area contributed by atoms with Crippen LogP contribution in [0.1, 0.15) is 78.1 Å². The van der Waals surface area contributed by atoms with Crippen molar-refractivity contribution in [1.29, 1.82) is 0 Å². The van der Waals surface area contributed by atoms with E-state index < -0.39 is 0 Å². The van der Waals surface area contributed by atoms with Crippen LogP contribution < -0.4 is 0 Å². The van der Waals surface area contributed by atoms with Gasteiger partial charge in [0.05, 0.1) is 12.3 Å². The molecule has 0 N–H and O–H groups in total. The number of hydrogen-bond donors (Lipinski definition) is 0. The Bertz CT molecular complexity index is 286. The number of rotatable bonds is 10. The molecule has 19 heavy (non-hydrogen) atoms. The van der Waals surface area contributed by atoms with E-state index in [0.29, 0.717) is 0 Å². The van der Waals surface area contributed by atoms with Crippen molar-refractivity contribution in [3.8, 4) is 0 Å². The molecular weight excluding hydrogens is 240 g/mol. The van der Waals surface area contributed by atoms with Gasteiger partial charge in [-0.1, -0.05) is 65.2 Å². The van der Waals surface area contributed by atoms with Gasteiger partial charge < -0.3 is 4.74 Å². The van der Waals surface area contributed by atoms with Crippen molar-refractivity contribution in [2.24, 2.45) is 11.8 Å². The van der Waals surface area contributed by atoms with Gasteiger partial charge in [0.25, 0.3) is 0 Å². The highest BCUT2D eigenvalue weighted by Crippen LogP contribution is 2.28. The van der Waals surface area contributed by atoms with E-state index in [1.54, 1.807) is 0 Å². The summed E-state index contributed by atoms with van der Waals surface area (Å²) >= 11 is 0. The topological polar surface area (TPSA) is 43.4 Å². The van der Waals surface area contributed by atoms with Crippen LogP contribution in [0.5, 0.6) is 0 Å². The number of carbonyl (C=O) groups is 2. The van der Waals surface area contributed by atoms with Crippen molar-refractivity contribution in [1.82, 2.24) is 0 Å². The van der Waals surface area contributed by atoms with Gasteiger partial charge in [0.2, 0.25) is 0 Å². The average molecular weight is 268 g/mol. The van der Waals surface area contributed by atoms with Gasteiger partial charge in [0.15, 0.2) is 0 Å². The highest BCUT2D eigenvalue weighted by Gasteiger charge is 2.36. The SMILES string of the molecule is CCCCCCCCCCC(C)C1CC(=O)OC1=O. The molecule has 0 radical (unpaired) electrons. The van der Waals surface area contributed by atoms with E-state index in [0.717, 1.165) is 12.8 Å². The summed E-state index contributed by atoms with van der Waals surface area (Å²) < 4.78 is 4.60. The van der Waals surface area contributed by atoms with Crippen LogP contribution in [0.3, 0.4) is 0 Å². The Hall–Kier alpha value is -0.860. The van der Waals surface area contributed by atoms with E-state index in [1.807, 2.05) is 0 Å². The van der Waals surface area contributed by atoms with E-state index in [2.05, 4.69) is 18.6 Å². The second kappa shape index (κ2) is 9.11. The molecule has 1 aliphatic rings. The Morgan fingerprint density at radius 1 is 1.05 bits per heavy atom. The normalized spacial score (nSPS) is 20.6. The first kappa shape index (κ1) is 16.2. The second-order valence-electron chi connectivity index (χ2n) is 5.84. The van der Waals surface area contributed by atoms with Crippen LogP contribution >= 0.6 is 0 Å². The average Bonchev–Trinajstić information content (AvgIpc) is 2.71. The summed E-state index contributed by atoms with van der Waals surface area (Å²) in [7, 11) is 0. The van der Waals surface area contributed by atoms with Crippen LogP contribution in [0.15, 0.2) is 0 Å². The quantitative estimate of drug-likeness (QED) is 0.338. The minimum atomic E-state index is -0.349. The van der Waals surface area contributed by atoms with Gasteiger partial charge in [-0.2, -0.15) is 0 Å². The molecular formula is C16H28O3. The van der Waals surface area contributed by atoms with Crippen LogP contribution in [0.4, 0.5) is 0 Å². The molecule has 0 amide bonds. The monoisotopic (exact) mass is 268 g/mol. The van der Waals surface area contributed by atoms with Gasteiger partial charge >= 0.3 is 11.9 Å².